The lowest BCUT2D eigenvalue weighted by atomic mass is 9.98. The van der Waals surface area contributed by atoms with Gasteiger partial charge >= 0.3 is 0 Å². The van der Waals surface area contributed by atoms with Gasteiger partial charge in [-0.25, -0.2) is 4.98 Å². The van der Waals surface area contributed by atoms with Crippen LogP contribution in [-0.2, 0) is 21.7 Å². The SMILES string of the molecule is COc1cc2c(cc1OC)[C@@H](NC(=O)c1cnc(C3(C)OCCO3)s1)CCCC2. The van der Waals surface area contributed by atoms with Crippen molar-refractivity contribution >= 4 is 17.2 Å². The van der Waals surface area contributed by atoms with Gasteiger partial charge in [0.1, 0.15) is 4.88 Å². The highest BCUT2D eigenvalue weighted by Crippen LogP contribution is 2.38. The number of nitrogens with zero attached hydrogens (tertiary/aromatic N) is 1. The number of hydrogen-bond acceptors (Lipinski definition) is 7. The van der Waals surface area contributed by atoms with Crippen LogP contribution in [0.1, 0.15) is 58.0 Å². The standard InChI is InChI=1S/C21H26N2O5S/c1-21(27-8-9-28-21)20-22-12-18(29-20)19(24)23-15-7-5-4-6-13-10-16(25-2)17(26-3)11-14(13)15/h10-12,15H,4-9H2,1-3H3,(H,23,24)/t15-/m0/s1. The fourth-order valence-electron chi connectivity index (χ4n) is 3.90. The van der Waals surface area contributed by atoms with Crippen molar-refractivity contribution < 1.29 is 23.7 Å². The molecule has 7 nitrogen and oxygen atoms in total. The van der Waals surface area contributed by atoms with Crippen LogP contribution < -0.4 is 14.8 Å². The van der Waals surface area contributed by atoms with E-state index in [-0.39, 0.29) is 11.9 Å². The summed E-state index contributed by atoms with van der Waals surface area (Å²) in [5.41, 5.74) is 2.28. The van der Waals surface area contributed by atoms with Crippen molar-refractivity contribution in [1.29, 1.82) is 0 Å². The number of hydrogen-bond donors (Lipinski definition) is 1. The molecule has 1 N–H and O–H groups in total. The summed E-state index contributed by atoms with van der Waals surface area (Å²) in [6, 6.07) is 3.93. The Hall–Kier alpha value is -2.16. The van der Waals surface area contributed by atoms with E-state index in [9.17, 15) is 4.79 Å². The van der Waals surface area contributed by atoms with Crippen LogP contribution in [0.15, 0.2) is 18.3 Å². The van der Waals surface area contributed by atoms with E-state index in [1.807, 2.05) is 19.1 Å². The van der Waals surface area contributed by atoms with E-state index in [0.717, 1.165) is 37.0 Å². The molecule has 156 valence electrons. The van der Waals surface area contributed by atoms with E-state index >= 15 is 0 Å². The average Bonchev–Trinajstić information content (AvgIpc) is 3.36. The van der Waals surface area contributed by atoms with Gasteiger partial charge in [0.2, 0.25) is 5.79 Å². The molecular weight excluding hydrogens is 392 g/mol. The Balaban J connectivity index is 1.57. The van der Waals surface area contributed by atoms with Gasteiger partial charge in [0, 0.05) is 0 Å². The Kier molecular flexibility index (Phi) is 5.76. The van der Waals surface area contributed by atoms with E-state index in [2.05, 4.69) is 10.3 Å². The van der Waals surface area contributed by atoms with Crippen molar-refractivity contribution in [1.82, 2.24) is 10.3 Å². The summed E-state index contributed by atoms with van der Waals surface area (Å²) in [7, 11) is 3.26. The first-order chi connectivity index (χ1) is 14.0. The first-order valence-corrected chi connectivity index (χ1v) is 10.7. The van der Waals surface area contributed by atoms with E-state index < -0.39 is 5.79 Å². The highest BCUT2D eigenvalue weighted by molar-refractivity contribution is 7.13. The number of amides is 1. The molecule has 0 unspecified atom stereocenters. The van der Waals surface area contributed by atoms with E-state index in [1.54, 1.807) is 20.4 Å². The molecule has 1 saturated heterocycles. The van der Waals surface area contributed by atoms with Crippen LogP contribution in [0.5, 0.6) is 11.5 Å². The highest BCUT2D eigenvalue weighted by atomic mass is 32.1. The Bertz CT molecular complexity index is 891. The van der Waals surface area contributed by atoms with Gasteiger partial charge in [0.15, 0.2) is 16.5 Å². The zero-order valence-electron chi connectivity index (χ0n) is 16.9. The molecule has 29 heavy (non-hydrogen) atoms. The summed E-state index contributed by atoms with van der Waals surface area (Å²) in [5.74, 6) is 0.399. The summed E-state index contributed by atoms with van der Waals surface area (Å²) in [6.45, 7) is 2.89. The molecule has 0 radical (unpaired) electrons. The number of ether oxygens (including phenoxy) is 4. The summed E-state index contributed by atoms with van der Waals surface area (Å²) in [6.07, 6.45) is 5.55. The molecule has 4 rings (SSSR count). The van der Waals surface area contributed by atoms with Crippen LogP contribution in [0.25, 0.3) is 0 Å². The Labute approximate surface area is 174 Å². The topological polar surface area (TPSA) is 78.9 Å². The summed E-state index contributed by atoms with van der Waals surface area (Å²) < 4.78 is 22.2. The van der Waals surface area contributed by atoms with Crippen LogP contribution >= 0.6 is 11.3 Å². The lowest BCUT2D eigenvalue weighted by molar-refractivity contribution is -0.149. The third-order valence-electron chi connectivity index (χ3n) is 5.47. The molecular formula is C21H26N2O5S. The maximum atomic E-state index is 13.0. The lowest BCUT2D eigenvalue weighted by Gasteiger charge is -2.21. The van der Waals surface area contributed by atoms with Gasteiger partial charge in [0.25, 0.3) is 5.91 Å². The van der Waals surface area contributed by atoms with Gasteiger partial charge in [-0.05, 0) is 49.4 Å². The largest absolute Gasteiger partial charge is 0.493 e. The van der Waals surface area contributed by atoms with Gasteiger partial charge in [-0.1, -0.05) is 6.42 Å². The zero-order chi connectivity index (χ0) is 20.4. The summed E-state index contributed by atoms with van der Waals surface area (Å²) >= 11 is 1.31. The number of methoxy groups -OCH3 is 2. The molecule has 2 aromatic rings. The second kappa shape index (κ2) is 8.30. The number of aryl methyl sites for hydroxylation is 1. The molecule has 8 heteroatoms. The molecule has 2 heterocycles. The number of carbonyl (C=O) groups excluding carboxylic acids is 1. The number of carbonyl (C=O) groups is 1. The van der Waals surface area contributed by atoms with E-state index in [1.165, 1.54) is 16.9 Å². The van der Waals surface area contributed by atoms with Crippen LogP contribution in [0, 0.1) is 0 Å². The van der Waals surface area contributed by atoms with Crippen molar-refractivity contribution in [2.24, 2.45) is 0 Å². The fourth-order valence-corrected chi connectivity index (χ4v) is 4.78. The van der Waals surface area contributed by atoms with Gasteiger partial charge in [-0.2, -0.15) is 0 Å². The number of aromatic nitrogens is 1. The molecule has 0 spiro atoms. The van der Waals surface area contributed by atoms with Crippen LogP contribution in [0.3, 0.4) is 0 Å². The van der Waals surface area contributed by atoms with Crippen LogP contribution in [-0.4, -0.2) is 38.3 Å². The Morgan fingerprint density at radius 3 is 2.66 bits per heavy atom. The van der Waals surface area contributed by atoms with Gasteiger partial charge < -0.3 is 24.3 Å². The molecule has 0 bridgehead atoms. The Morgan fingerprint density at radius 1 is 1.21 bits per heavy atom. The molecule has 1 amide bonds. The predicted octanol–water partition coefficient (Wildman–Crippen LogP) is 3.58. The molecule has 1 atom stereocenters. The normalized spacial score (nSPS) is 20.6. The smallest absolute Gasteiger partial charge is 0.263 e. The Morgan fingerprint density at radius 2 is 1.93 bits per heavy atom. The second-order valence-electron chi connectivity index (χ2n) is 7.35. The van der Waals surface area contributed by atoms with Crippen LogP contribution in [0.4, 0.5) is 0 Å². The maximum Gasteiger partial charge on any atom is 0.263 e. The molecule has 1 aromatic heterocycles. The second-order valence-corrected chi connectivity index (χ2v) is 8.38. The van der Waals surface area contributed by atoms with Crippen molar-refractivity contribution in [2.75, 3.05) is 27.4 Å². The van der Waals surface area contributed by atoms with Crippen molar-refractivity contribution in [3.05, 3.63) is 39.3 Å². The minimum atomic E-state index is -0.859. The first kappa shape index (κ1) is 20.1. The molecule has 1 aliphatic heterocycles. The number of rotatable bonds is 5. The average molecular weight is 419 g/mol. The molecule has 2 aliphatic rings. The number of thiazole rings is 1. The quantitative estimate of drug-likeness (QED) is 0.748. The minimum Gasteiger partial charge on any atom is -0.493 e. The minimum absolute atomic E-state index is 0.0834. The zero-order valence-corrected chi connectivity index (χ0v) is 17.8. The maximum absolute atomic E-state index is 13.0. The number of nitrogens with one attached hydrogen (secondary N) is 1. The van der Waals surface area contributed by atoms with Crippen molar-refractivity contribution in [3.8, 4) is 11.5 Å². The van der Waals surface area contributed by atoms with Crippen molar-refractivity contribution in [3.63, 3.8) is 0 Å². The third kappa shape index (κ3) is 3.97. The van der Waals surface area contributed by atoms with Crippen molar-refractivity contribution in [2.45, 2.75) is 44.4 Å². The molecule has 1 aliphatic carbocycles. The summed E-state index contributed by atoms with van der Waals surface area (Å²) in [5, 5.41) is 3.85. The lowest BCUT2D eigenvalue weighted by Crippen LogP contribution is -2.28. The number of benzene rings is 1. The monoisotopic (exact) mass is 418 g/mol. The molecule has 0 saturated carbocycles. The third-order valence-corrected chi connectivity index (χ3v) is 6.65. The van der Waals surface area contributed by atoms with Gasteiger partial charge in [-0.15, -0.1) is 11.3 Å². The van der Waals surface area contributed by atoms with Crippen LogP contribution in [0.2, 0.25) is 0 Å². The molecule has 1 aromatic carbocycles. The van der Waals surface area contributed by atoms with E-state index in [0.29, 0.717) is 28.8 Å². The highest BCUT2D eigenvalue weighted by Gasteiger charge is 2.37. The van der Waals surface area contributed by atoms with Gasteiger partial charge in [0.05, 0.1) is 39.7 Å². The summed E-state index contributed by atoms with van der Waals surface area (Å²) in [4.78, 5) is 17.9. The number of fused-ring (bicyclic) bond motifs is 1. The molecule has 1 fully saturated rings. The predicted molar refractivity (Wildman–Crippen MR) is 109 cm³/mol. The van der Waals surface area contributed by atoms with Gasteiger partial charge in [-0.3, -0.25) is 4.79 Å². The fraction of sp³-hybridized carbons (Fsp3) is 0.524. The van der Waals surface area contributed by atoms with E-state index in [4.69, 9.17) is 18.9 Å². The first-order valence-electron chi connectivity index (χ1n) is 9.84.